The topological polar surface area (TPSA) is 26.8 Å². The van der Waals surface area contributed by atoms with E-state index in [9.17, 15) is 4.79 Å². The molecule has 0 spiro atoms. The molecule has 1 atom stereocenters. The summed E-state index contributed by atoms with van der Waals surface area (Å²) >= 11 is 0. The minimum Gasteiger partial charge on any atom is -0.339 e. The van der Waals surface area contributed by atoms with Gasteiger partial charge in [-0.3, -0.25) is 4.79 Å². The number of nitrogens with zero attached hydrogens (tertiary/aromatic N) is 3. The quantitative estimate of drug-likeness (QED) is 0.853. The molecule has 23 heavy (non-hydrogen) atoms. The number of benzene rings is 1. The standard InChI is InChI=1S/C19H27N3O/c1-20-12-13-21(2)18(15-20)14-19(23)22-10-8-17(9-11-22)16-6-4-3-5-7-16/h3-8,18H,9-15H2,1-2H3. The van der Waals surface area contributed by atoms with Crippen LogP contribution in [0.25, 0.3) is 5.57 Å². The Morgan fingerprint density at radius 3 is 2.61 bits per heavy atom. The van der Waals surface area contributed by atoms with Gasteiger partial charge in [-0.25, -0.2) is 0 Å². The zero-order valence-corrected chi connectivity index (χ0v) is 14.2. The minimum atomic E-state index is 0.292. The fourth-order valence-corrected chi connectivity index (χ4v) is 3.46. The number of carbonyl (C=O) groups excluding carboxylic acids is 1. The largest absolute Gasteiger partial charge is 0.339 e. The highest BCUT2D eigenvalue weighted by Gasteiger charge is 2.27. The molecule has 124 valence electrons. The molecule has 2 aliphatic heterocycles. The van der Waals surface area contributed by atoms with Crippen LogP contribution in [-0.2, 0) is 4.79 Å². The summed E-state index contributed by atoms with van der Waals surface area (Å²) in [6.45, 7) is 4.71. The van der Waals surface area contributed by atoms with Gasteiger partial charge in [0.05, 0.1) is 0 Å². The fourth-order valence-electron chi connectivity index (χ4n) is 3.46. The van der Waals surface area contributed by atoms with Gasteiger partial charge in [-0.05, 0) is 31.7 Å². The summed E-state index contributed by atoms with van der Waals surface area (Å²) in [7, 11) is 4.27. The van der Waals surface area contributed by atoms with Crippen molar-refractivity contribution in [3.8, 4) is 0 Å². The molecule has 0 aromatic heterocycles. The van der Waals surface area contributed by atoms with Crippen LogP contribution in [0.1, 0.15) is 18.4 Å². The average Bonchev–Trinajstić information content (AvgIpc) is 2.59. The Kier molecular flexibility index (Phi) is 5.13. The maximum atomic E-state index is 12.6. The van der Waals surface area contributed by atoms with Gasteiger partial charge in [-0.1, -0.05) is 36.4 Å². The molecule has 1 aromatic rings. The zero-order valence-electron chi connectivity index (χ0n) is 14.2. The predicted molar refractivity (Wildman–Crippen MR) is 94.1 cm³/mol. The predicted octanol–water partition coefficient (Wildman–Crippen LogP) is 1.94. The van der Waals surface area contributed by atoms with Crippen LogP contribution in [0.2, 0.25) is 0 Å². The van der Waals surface area contributed by atoms with Crippen molar-refractivity contribution in [1.29, 1.82) is 0 Å². The van der Waals surface area contributed by atoms with Crippen LogP contribution in [-0.4, -0.2) is 73.5 Å². The Hall–Kier alpha value is -1.65. The number of hydrogen-bond acceptors (Lipinski definition) is 3. The van der Waals surface area contributed by atoms with Crippen LogP contribution in [0.4, 0.5) is 0 Å². The minimum absolute atomic E-state index is 0.292. The van der Waals surface area contributed by atoms with E-state index in [-0.39, 0.29) is 0 Å². The van der Waals surface area contributed by atoms with Crippen molar-refractivity contribution in [3.05, 3.63) is 42.0 Å². The number of likely N-dealkylation sites (N-methyl/N-ethyl adjacent to an activating group) is 2. The molecule has 2 heterocycles. The van der Waals surface area contributed by atoms with Gasteiger partial charge in [0, 0.05) is 45.2 Å². The fraction of sp³-hybridized carbons (Fsp3) is 0.526. The molecule has 2 aliphatic rings. The van der Waals surface area contributed by atoms with E-state index in [2.05, 4.69) is 54.2 Å². The Balaban J connectivity index is 1.57. The van der Waals surface area contributed by atoms with E-state index in [1.165, 1.54) is 11.1 Å². The second-order valence-corrected chi connectivity index (χ2v) is 6.79. The summed E-state index contributed by atoms with van der Waals surface area (Å²) in [5.41, 5.74) is 2.65. The van der Waals surface area contributed by atoms with Crippen LogP contribution in [0.15, 0.2) is 36.4 Å². The third kappa shape index (κ3) is 4.01. The Morgan fingerprint density at radius 1 is 1.13 bits per heavy atom. The van der Waals surface area contributed by atoms with E-state index < -0.39 is 0 Å². The lowest BCUT2D eigenvalue weighted by atomic mass is 9.99. The van der Waals surface area contributed by atoms with Gasteiger partial charge >= 0.3 is 0 Å². The number of piperazine rings is 1. The normalized spacial score (nSPS) is 23.7. The Bertz CT molecular complexity index is 569. The molecular formula is C19H27N3O. The summed E-state index contributed by atoms with van der Waals surface area (Å²) in [5, 5.41) is 0. The summed E-state index contributed by atoms with van der Waals surface area (Å²) < 4.78 is 0. The highest BCUT2D eigenvalue weighted by molar-refractivity contribution is 5.79. The molecule has 0 bridgehead atoms. The molecule has 0 N–H and O–H groups in total. The third-order valence-electron chi connectivity index (χ3n) is 5.10. The first-order valence-electron chi connectivity index (χ1n) is 8.54. The molecule has 1 saturated heterocycles. The lowest BCUT2D eigenvalue weighted by Gasteiger charge is -2.38. The highest BCUT2D eigenvalue weighted by atomic mass is 16.2. The van der Waals surface area contributed by atoms with Crippen molar-refractivity contribution >= 4 is 11.5 Å². The molecule has 0 aliphatic carbocycles. The number of amides is 1. The van der Waals surface area contributed by atoms with Crippen molar-refractivity contribution in [2.45, 2.75) is 18.9 Å². The van der Waals surface area contributed by atoms with Crippen LogP contribution in [0.3, 0.4) is 0 Å². The summed E-state index contributed by atoms with van der Waals surface area (Å²) in [6.07, 6.45) is 3.80. The van der Waals surface area contributed by atoms with E-state index in [1.807, 2.05) is 11.0 Å². The number of rotatable bonds is 3. The van der Waals surface area contributed by atoms with Gasteiger partial charge in [-0.2, -0.15) is 0 Å². The van der Waals surface area contributed by atoms with E-state index in [1.54, 1.807) is 0 Å². The van der Waals surface area contributed by atoms with Gasteiger partial charge in [0.25, 0.3) is 0 Å². The second kappa shape index (κ2) is 7.28. The van der Waals surface area contributed by atoms with E-state index in [0.717, 1.165) is 39.1 Å². The average molecular weight is 313 g/mol. The van der Waals surface area contributed by atoms with Crippen molar-refractivity contribution < 1.29 is 4.79 Å². The first-order valence-corrected chi connectivity index (χ1v) is 8.54. The Labute approximate surface area is 139 Å². The molecule has 3 rings (SSSR count). The van der Waals surface area contributed by atoms with E-state index in [0.29, 0.717) is 18.4 Å². The van der Waals surface area contributed by atoms with Gasteiger partial charge in [0.1, 0.15) is 0 Å². The lowest BCUT2D eigenvalue weighted by Crippen LogP contribution is -2.52. The second-order valence-electron chi connectivity index (χ2n) is 6.79. The lowest BCUT2D eigenvalue weighted by molar-refractivity contribution is -0.132. The molecule has 1 unspecified atom stereocenters. The van der Waals surface area contributed by atoms with Gasteiger partial charge in [0.2, 0.25) is 5.91 Å². The molecule has 0 radical (unpaired) electrons. The Morgan fingerprint density at radius 2 is 1.91 bits per heavy atom. The molecule has 4 nitrogen and oxygen atoms in total. The molecule has 4 heteroatoms. The summed E-state index contributed by atoms with van der Waals surface area (Å²) in [4.78, 5) is 19.3. The van der Waals surface area contributed by atoms with E-state index in [4.69, 9.17) is 0 Å². The molecule has 0 saturated carbocycles. The van der Waals surface area contributed by atoms with Crippen molar-refractivity contribution in [2.75, 3.05) is 46.8 Å². The van der Waals surface area contributed by atoms with Crippen LogP contribution in [0, 0.1) is 0 Å². The number of carbonyl (C=O) groups is 1. The van der Waals surface area contributed by atoms with Gasteiger partial charge in [-0.15, -0.1) is 0 Å². The molecule has 1 aromatic carbocycles. The smallest absolute Gasteiger partial charge is 0.224 e. The van der Waals surface area contributed by atoms with Gasteiger partial charge in [0.15, 0.2) is 0 Å². The SMILES string of the molecule is CN1CCN(C)C(CC(=O)N2CC=C(c3ccccc3)CC2)C1. The van der Waals surface area contributed by atoms with Crippen molar-refractivity contribution in [1.82, 2.24) is 14.7 Å². The highest BCUT2D eigenvalue weighted by Crippen LogP contribution is 2.23. The molecule has 1 fully saturated rings. The number of hydrogen-bond donors (Lipinski definition) is 0. The van der Waals surface area contributed by atoms with Crippen LogP contribution < -0.4 is 0 Å². The summed E-state index contributed by atoms with van der Waals surface area (Å²) in [6, 6.07) is 10.8. The van der Waals surface area contributed by atoms with Gasteiger partial charge < -0.3 is 14.7 Å². The maximum absolute atomic E-state index is 12.6. The monoisotopic (exact) mass is 313 g/mol. The first kappa shape index (κ1) is 16.2. The maximum Gasteiger partial charge on any atom is 0.224 e. The molecular weight excluding hydrogens is 286 g/mol. The van der Waals surface area contributed by atoms with Crippen LogP contribution >= 0.6 is 0 Å². The van der Waals surface area contributed by atoms with Crippen molar-refractivity contribution in [3.63, 3.8) is 0 Å². The van der Waals surface area contributed by atoms with Crippen LogP contribution in [0.5, 0.6) is 0 Å². The third-order valence-corrected chi connectivity index (χ3v) is 5.10. The summed E-state index contributed by atoms with van der Waals surface area (Å²) in [5.74, 6) is 0.292. The first-order chi connectivity index (χ1) is 11.1. The van der Waals surface area contributed by atoms with E-state index >= 15 is 0 Å². The van der Waals surface area contributed by atoms with Crippen molar-refractivity contribution in [2.24, 2.45) is 0 Å². The molecule has 1 amide bonds. The zero-order chi connectivity index (χ0) is 16.2.